The number of carbonyl (C=O) groups excluding carboxylic acids is 1. The van der Waals surface area contributed by atoms with Gasteiger partial charge in [0.2, 0.25) is 15.9 Å². The summed E-state index contributed by atoms with van der Waals surface area (Å²) in [5.74, 6) is -0.0427. The minimum Gasteiger partial charge on any atom is -0.354 e. The molecule has 1 aromatic heterocycles. The van der Waals surface area contributed by atoms with Crippen molar-refractivity contribution in [2.24, 2.45) is 5.14 Å². The summed E-state index contributed by atoms with van der Waals surface area (Å²) in [6.45, 7) is 3.83. The fraction of sp³-hybridized carbons (Fsp3) is 0.391. The Hall–Kier alpha value is -2.95. The van der Waals surface area contributed by atoms with Crippen molar-refractivity contribution >= 4 is 27.0 Å². The molecule has 0 radical (unpaired) electrons. The van der Waals surface area contributed by atoms with E-state index in [1.807, 2.05) is 35.8 Å². The number of H-pyrrole nitrogens is 1. The number of benzene rings is 2. The van der Waals surface area contributed by atoms with Crippen molar-refractivity contribution in [1.82, 2.24) is 19.8 Å². The highest BCUT2D eigenvalue weighted by atomic mass is 32.2. The third-order valence-electron chi connectivity index (χ3n) is 6.38. The zero-order valence-electron chi connectivity index (χ0n) is 18.5. The molecule has 0 spiro atoms. The maximum atomic E-state index is 12.6. The lowest BCUT2D eigenvalue weighted by atomic mass is 10.0. The van der Waals surface area contributed by atoms with Gasteiger partial charge in [-0.05, 0) is 56.0 Å². The van der Waals surface area contributed by atoms with E-state index < -0.39 is 10.0 Å². The smallest absolute Gasteiger partial charge is 0.326 e. The van der Waals surface area contributed by atoms with Crippen LogP contribution < -0.4 is 16.1 Å². The first kappa shape index (κ1) is 23.2. The molecule has 1 atom stereocenters. The molecule has 3 aromatic rings. The number of sulfonamides is 1. The molecule has 1 amide bonds. The molecule has 176 valence electrons. The zero-order chi connectivity index (χ0) is 23.6. The molecular formula is C23H29N5O4S. The number of amides is 1. The minimum absolute atomic E-state index is 0.0427. The SMILES string of the molecule is C[C@@H](C(=O)NCCc1ccc(S(N)(=O)=O)cc1)N1CCC(n2c(=O)[nH]c3ccccc32)CC1. The maximum absolute atomic E-state index is 12.6. The van der Waals surface area contributed by atoms with Gasteiger partial charge in [0.05, 0.1) is 22.0 Å². The Balaban J connectivity index is 1.28. The van der Waals surface area contributed by atoms with Crippen LogP contribution >= 0.6 is 0 Å². The van der Waals surface area contributed by atoms with Gasteiger partial charge in [-0.2, -0.15) is 0 Å². The van der Waals surface area contributed by atoms with Crippen LogP contribution in [0.5, 0.6) is 0 Å². The van der Waals surface area contributed by atoms with Crippen LogP contribution in [0.15, 0.2) is 58.2 Å². The summed E-state index contributed by atoms with van der Waals surface area (Å²) in [4.78, 5) is 30.2. The molecule has 9 nitrogen and oxygen atoms in total. The van der Waals surface area contributed by atoms with Crippen molar-refractivity contribution in [3.63, 3.8) is 0 Å². The third kappa shape index (κ3) is 5.18. The van der Waals surface area contributed by atoms with E-state index in [0.29, 0.717) is 13.0 Å². The predicted octanol–water partition coefficient (Wildman–Crippen LogP) is 1.36. The molecule has 0 aliphatic carbocycles. The zero-order valence-corrected chi connectivity index (χ0v) is 19.3. The molecule has 0 saturated carbocycles. The van der Waals surface area contributed by atoms with Crippen molar-refractivity contribution in [2.75, 3.05) is 19.6 Å². The largest absolute Gasteiger partial charge is 0.354 e. The lowest BCUT2D eigenvalue weighted by molar-refractivity contribution is -0.126. The Morgan fingerprint density at radius 1 is 1.15 bits per heavy atom. The summed E-state index contributed by atoms with van der Waals surface area (Å²) in [7, 11) is -3.70. The predicted molar refractivity (Wildman–Crippen MR) is 126 cm³/mol. The molecule has 33 heavy (non-hydrogen) atoms. The summed E-state index contributed by atoms with van der Waals surface area (Å²) in [6.07, 6.45) is 2.19. The maximum Gasteiger partial charge on any atom is 0.326 e. The summed E-state index contributed by atoms with van der Waals surface area (Å²) in [5.41, 5.74) is 2.60. The van der Waals surface area contributed by atoms with Gasteiger partial charge in [0.15, 0.2) is 0 Å². The quantitative estimate of drug-likeness (QED) is 0.479. The molecule has 2 heterocycles. The number of nitrogens with two attached hydrogens (primary N) is 1. The molecule has 1 fully saturated rings. The Morgan fingerprint density at radius 2 is 1.82 bits per heavy atom. The average Bonchev–Trinajstić information content (AvgIpc) is 3.14. The molecule has 0 unspecified atom stereocenters. The number of primary sulfonamides is 1. The van der Waals surface area contributed by atoms with Crippen LogP contribution in [0.3, 0.4) is 0 Å². The van der Waals surface area contributed by atoms with Gasteiger partial charge >= 0.3 is 5.69 Å². The number of fused-ring (bicyclic) bond motifs is 1. The van der Waals surface area contributed by atoms with Crippen molar-refractivity contribution in [3.8, 4) is 0 Å². The van der Waals surface area contributed by atoms with Crippen LogP contribution in [0.4, 0.5) is 0 Å². The number of carbonyl (C=O) groups is 1. The van der Waals surface area contributed by atoms with Crippen LogP contribution in [0.1, 0.15) is 31.4 Å². The highest BCUT2D eigenvalue weighted by Gasteiger charge is 2.28. The van der Waals surface area contributed by atoms with E-state index in [1.165, 1.54) is 12.1 Å². The van der Waals surface area contributed by atoms with Crippen molar-refractivity contribution in [3.05, 3.63) is 64.6 Å². The standard InChI is InChI=1S/C23H29N5O4S/c1-16(22(29)25-13-10-17-6-8-19(9-7-17)33(24,31)32)27-14-11-18(12-15-27)28-21-5-3-2-4-20(21)26-23(28)30/h2-9,16,18H,10-15H2,1H3,(H,25,29)(H,26,30)(H2,24,31,32)/t16-/m0/s1. The second-order valence-electron chi connectivity index (χ2n) is 8.49. The lowest BCUT2D eigenvalue weighted by Crippen LogP contribution is -2.49. The summed E-state index contributed by atoms with van der Waals surface area (Å²) >= 11 is 0. The first-order valence-electron chi connectivity index (χ1n) is 11.1. The van der Waals surface area contributed by atoms with Gasteiger partial charge in [0.1, 0.15) is 0 Å². The van der Waals surface area contributed by atoms with E-state index in [-0.39, 0.29) is 28.6 Å². The van der Waals surface area contributed by atoms with Gasteiger partial charge in [-0.3, -0.25) is 14.3 Å². The minimum atomic E-state index is -3.70. The van der Waals surface area contributed by atoms with E-state index in [0.717, 1.165) is 42.5 Å². The number of aromatic nitrogens is 2. The normalized spacial score (nSPS) is 16.7. The molecular weight excluding hydrogens is 442 g/mol. The van der Waals surface area contributed by atoms with Gasteiger partial charge in [0.25, 0.3) is 0 Å². The molecule has 1 aliphatic rings. The molecule has 1 saturated heterocycles. The van der Waals surface area contributed by atoms with Gasteiger partial charge in [-0.15, -0.1) is 0 Å². The van der Waals surface area contributed by atoms with Crippen LogP contribution in [-0.4, -0.2) is 54.5 Å². The van der Waals surface area contributed by atoms with Crippen LogP contribution in [0.2, 0.25) is 0 Å². The fourth-order valence-corrected chi connectivity index (χ4v) is 4.97. The summed E-state index contributed by atoms with van der Waals surface area (Å²) < 4.78 is 24.5. The Bertz CT molecular complexity index is 1290. The first-order chi connectivity index (χ1) is 15.7. The molecule has 2 aromatic carbocycles. The topological polar surface area (TPSA) is 130 Å². The van der Waals surface area contributed by atoms with Crippen molar-refractivity contribution in [1.29, 1.82) is 0 Å². The highest BCUT2D eigenvalue weighted by Crippen LogP contribution is 2.25. The van der Waals surface area contributed by atoms with Crippen LogP contribution in [-0.2, 0) is 21.2 Å². The molecule has 1 aliphatic heterocycles. The molecule has 4 N–H and O–H groups in total. The van der Waals surface area contributed by atoms with Gasteiger partial charge in [-0.1, -0.05) is 24.3 Å². The Kier molecular flexibility index (Phi) is 6.68. The van der Waals surface area contributed by atoms with E-state index in [4.69, 9.17) is 5.14 Å². The number of para-hydroxylation sites is 2. The number of likely N-dealkylation sites (tertiary alicyclic amines) is 1. The number of nitrogens with zero attached hydrogens (tertiary/aromatic N) is 2. The van der Waals surface area contributed by atoms with Gasteiger partial charge in [0, 0.05) is 25.7 Å². The van der Waals surface area contributed by atoms with Gasteiger partial charge in [-0.25, -0.2) is 18.4 Å². The second-order valence-corrected chi connectivity index (χ2v) is 10.1. The summed E-state index contributed by atoms with van der Waals surface area (Å²) in [5, 5.41) is 8.07. The third-order valence-corrected chi connectivity index (χ3v) is 7.31. The van der Waals surface area contributed by atoms with E-state index in [1.54, 1.807) is 12.1 Å². The number of imidazole rings is 1. The lowest BCUT2D eigenvalue weighted by Gasteiger charge is -2.35. The number of nitrogens with one attached hydrogen (secondary N) is 2. The highest BCUT2D eigenvalue weighted by molar-refractivity contribution is 7.89. The number of hydrogen-bond acceptors (Lipinski definition) is 5. The first-order valence-corrected chi connectivity index (χ1v) is 12.6. The summed E-state index contributed by atoms with van der Waals surface area (Å²) in [6, 6.07) is 13.9. The Labute approximate surface area is 192 Å². The van der Waals surface area contributed by atoms with Crippen molar-refractivity contribution in [2.45, 2.75) is 43.2 Å². The van der Waals surface area contributed by atoms with Crippen LogP contribution in [0, 0.1) is 0 Å². The molecule has 10 heteroatoms. The van der Waals surface area contributed by atoms with Gasteiger partial charge < -0.3 is 10.3 Å². The fourth-order valence-electron chi connectivity index (χ4n) is 4.46. The van der Waals surface area contributed by atoms with E-state index >= 15 is 0 Å². The molecule has 0 bridgehead atoms. The Morgan fingerprint density at radius 3 is 2.48 bits per heavy atom. The number of hydrogen-bond donors (Lipinski definition) is 3. The van der Waals surface area contributed by atoms with Crippen molar-refractivity contribution < 1.29 is 13.2 Å². The average molecular weight is 472 g/mol. The monoisotopic (exact) mass is 471 g/mol. The van der Waals surface area contributed by atoms with E-state index in [9.17, 15) is 18.0 Å². The van der Waals surface area contributed by atoms with Crippen LogP contribution in [0.25, 0.3) is 11.0 Å². The number of rotatable bonds is 7. The number of piperidine rings is 1. The second kappa shape index (κ2) is 9.50. The van der Waals surface area contributed by atoms with E-state index in [2.05, 4.69) is 15.2 Å². The molecule has 4 rings (SSSR count). The number of aromatic amines is 1.